The second-order valence-corrected chi connectivity index (χ2v) is 3.51. The quantitative estimate of drug-likeness (QED) is 0.811. The van der Waals surface area contributed by atoms with Crippen molar-refractivity contribution in [2.24, 2.45) is 0 Å². The Morgan fingerprint density at radius 2 is 2.13 bits per heavy atom. The molecule has 0 unspecified atom stereocenters. The fourth-order valence-corrected chi connectivity index (χ4v) is 1.36. The van der Waals surface area contributed by atoms with Crippen LogP contribution in [0.1, 0.15) is 0 Å². The summed E-state index contributed by atoms with van der Waals surface area (Å²) in [6.45, 7) is 0. The lowest BCUT2D eigenvalue weighted by atomic mass is 10.1. The van der Waals surface area contributed by atoms with E-state index in [1.54, 1.807) is 6.20 Å². The van der Waals surface area contributed by atoms with E-state index in [0.717, 1.165) is 11.3 Å². The van der Waals surface area contributed by atoms with Crippen LogP contribution in [0.25, 0.3) is 11.3 Å². The molecule has 0 fully saturated rings. The van der Waals surface area contributed by atoms with Gasteiger partial charge in [-0.3, -0.25) is 0 Å². The van der Waals surface area contributed by atoms with Gasteiger partial charge in [-0.25, -0.2) is 4.98 Å². The number of benzene rings is 1. The van der Waals surface area contributed by atoms with Crippen LogP contribution in [-0.4, -0.2) is 19.1 Å². The fourth-order valence-electron chi connectivity index (χ4n) is 1.36. The van der Waals surface area contributed by atoms with Crippen LogP contribution in [0.2, 0.25) is 0 Å². The van der Waals surface area contributed by atoms with Crippen LogP contribution in [0.5, 0.6) is 0 Å². The molecular weight excluding hydrogens is 190 g/mol. The molecule has 0 radical (unpaired) electrons. The second kappa shape index (κ2) is 3.65. The lowest BCUT2D eigenvalue weighted by Crippen LogP contribution is -2.08. The van der Waals surface area contributed by atoms with E-state index in [1.807, 2.05) is 43.3 Å². The summed E-state index contributed by atoms with van der Waals surface area (Å²) >= 11 is 0. The van der Waals surface area contributed by atoms with E-state index in [0.29, 0.717) is 5.76 Å². The highest BCUT2D eigenvalue weighted by Crippen LogP contribution is 2.24. The monoisotopic (exact) mass is 203 g/mol. The number of anilines is 2. The average molecular weight is 203 g/mol. The molecule has 1 heterocycles. The molecule has 0 aliphatic carbocycles. The van der Waals surface area contributed by atoms with Gasteiger partial charge in [-0.15, -0.1) is 0 Å². The molecule has 0 saturated carbocycles. The van der Waals surface area contributed by atoms with Crippen molar-refractivity contribution >= 4 is 11.7 Å². The summed E-state index contributed by atoms with van der Waals surface area (Å²) < 4.78 is 5.25. The first kappa shape index (κ1) is 9.58. The first-order chi connectivity index (χ1) is 7.16. The zero-order valence-corrected chi connectivity index (χ0v) is 8.77. The van der Waals surface area contributed by atoms with Crippen molar-refractivity contribution in [1.29, 1.82) is 0 Å². The maximum atomic E-state index is 5.43. The topological polar surface area (TPSA) is 55.3 Å². The van der Waals surface area contributed by atoms with Crippen LogP contribution in [0.3, 0.4) is 0 Å². The van der Waals surface area contributed by atoms with Gasteiger partial charge >= 0.3 is 0 Å². The highest BCUT2D eigenvalue weighted by Gasteiger charge is 2.05. The number of aromatic nitrogens is 1. The van der Waals surface area contributed by atoms with E-state index in [4.69, 9.17) is 10.2 Å². The summed E-state index contributed by atoms with van der Waals surface area (Å²) in [7, 11) is 3.99. The lowest BCUT2D eigenvalue weighted by Gasteiger charge is -2.12. The number of oxazole rings is 1. The Morgan fingerprint density at radius 1 is 1.33 bits per heavy atom. The molecule has 0 spiro atoms. The summed E-state index contributed by atoms with van der Waals surface area (Å²) in [5.74, 6) is 0.691. The van der Waals surface area contributed by atoms with E-state index in [9.17, 15) is 0 Å². The molecule has 4 nitrogen and oxygen atoms in total. The molecule has 0 aliphatic heterocycles. The molecule has 2 aromatic rings. The Kier molecular flexibility index (Phi) is 2.33. The molecule has 1 aromatic carbocycles. The minimum absolute atomic E-state index is 0.195. The third-order valence-corrected chi connectivity index (χ3v) is 2.17. The van der Waals surface area contributed by atoms with Crippen LogP contribution >= 0.6 is 0 Å². The Hall–Kier alpha value is -1.97. The molecule has 2 rings (SSSR count). The van der Waals surface area contributed by atoms with Crippen LogP contribution < -0.4 is 10.6 Å². The SMILES string of the molecule is CN(C)c1cccc(-c2cnc(N)o2)c1. The third-order valence-electron chi connectivity index (χ3n) is 2.17. The Bertz CT molecular complexity index is 462. The molecule has 15 heavy (non-hydrogen) atoms. The maximum Gasteiger partial charge on any atom is 0.292 e. The van der Waals surface area contributed by atoms with Crippen LogP contribution in [0.4, 0.5) is 11.7 Å². The van der Waals surface area contributed by atoms with E-state index >= 15 is 0 Å². The fraction of sp³-hybridized carbons (Fsp3) is 0.182. The van der Waals surface area contributed by atoms with Gasteiger partial charge < -0.3 is 15.1 Å². The summed E-state index contributed by atoms with van der Waals surface area (Å²) in [6.07, 6.45) is 1.63. The second-order valence-electron chi connectivity index (χ2n) is 3.51. The smallest absolute Gasteiger partial charge is 0.292 e. The molecular formula is C11H13N3O. The van der Waals surface area contributed by atoms with Gasteiger partial charge in [0.25, 0.3) is 6.01 Å². The van der Waals surface area contributed by atoms with E-state index in [-0.39, 0.29) is 6.01 Å². The predicted molar refractivity (Wildman–Crippen MR) is 60.7 cm³/mol. The maximum absolute atomic E-state index is 5.43. The summed E-state index contributed by atoms with van der Waals surface area (Å²) in [4.78, 5) is 5.90. The van der Waals surface area contributed by atoms with Crippen LogP contribution in [0, 0.1) is 0 Å². The van der Waals surface area contributed by atoms with Crippen molar-refractivity contribution in [3.63, 3.8) is 0 Å². The molecule has 0 bridgehead atoms. The van der Waals surface area contributed by atoms with E-state index in [2.05, 4.69) is 4.98 Å². The van der Waals surface area contributed by atoms with E-state index in [1.165, 1.54) is 0 Å². The van der Waals surface area contributed by atoms with Gasteiger partial charge in [-0.1, -0.05) is 12.1 Å². The minimum Gasteiger partial charge on any atom is -0.424 e. The highest BCUT2D eigenvalue weighted by atomic mass is 16.4. The van der Waals surface area contributed by atoms with Crippen molar-refractivity contribution in [2.75, 3.05) is 24.7 Å². The summed E-state index contributed by atoms with van der Waals surface area (Å²) in [5.41, 5.74) is 7.52. The zero-order chi connectivity index (χ0) is 10.8. The molecule has 0 aliphatic rings. The predicted octanol–water partition coefficient (Wildman–Crippen LogP) is 1.99. The standard InChI is InChI=1S/C11H13N3O/c1-14(2)9-5-3-4-8(6-9)10-7-13-11(12)15-10/h3-7H,1-2H3,(H2,12,13). The molecule has 0 amide bonds. The summed E-state index contributed by atoms with van der Waals surface area (Å²) in [6, 6.07) is 8.19. The minimum atomic E-state index is 0.195. The first-order valence-corrected chi connectivity index (χ1v) is 4.66. The normalized spacial score (nSPS) is 10.3. The van der Waals surface area contributed by atoms with Crippen molar-refractivity contribution in [1.82, 2.24) is 4.98 Å². The van der Waals surface area contributed by atoms with Crippen molar-refractivity contribution in [3.05, 3.63) is 30.5 Å². The van der Waals surface area contributed by atoms with E-state index < -0.39 is 0 Å². The van der Waals surface area contributed by atoms with Crippen molar-refractivity contribution in [2.45, 2.75) is 0 Å². The van der Waals surface area contributed by atoms with Crippen molar-refractivity contribution < 1.29 is 4.42 Å². The third kappa shape index (κ3) is 1.93. The largest absolute Gasteiger partial charge is 0.424 e. The van der Waals surface area contributed by atoms with Gasteiger partial charge in [0.15, 0.2) is 5.76 Å². The first-order valence-electron chi connectivity index (χ1n) is 4.66. The van der Waals surface area contributed by atoms with Gasteiger partial charge in [-0.05, 0) is 12.1 Å². The molecule has 2 N–H and O–H groups in total. The van der Waals surface area contributed by atoms with Gasteiger partial charge in [0.05, 0.1) is 6.20 Å². The number of rotatable bonds is 2. The highest BCUT2D eigenvalue weighted by molar-refractivity contribution is 5.64. The molecule has 1 aromatic heterocycles. The van der Waals surface area contributed by atoms with Crippen molar-refractivity contribution in [3.8, 4) is 11.3 Å². The Labute approximate surface area is 88.3 Å². The van der Waals surface area contributed by atoms with Crippen LogP contribution in [0.15, 0.2) is 34.9 Å². The Morgan fingerprint density at radius 3 is 2.73 bits per heavy atom. The summed E-state index contributed by atoms with van der Waals surface area (Å²) in [5, 5.41) is 0. The molecule has 0 saturated heterocycles. The van der Waals surface area contributed by atoms with Gasteiger partial charge in [0.2, 0.25) is 0 Å². The number of nitrogen functional groups attached to an aromatic ring is 1. The Balaban J connectivity index is 2.41. The van der Waals surface area contributed by atoms with Gasteiger partial charge in [0.1, 0.15) is 0 Å². The number of hydrogen-bond donors (Lipinski definition) is 1. The molecule has 78 valence electrons. The average Bonchev–Trinajstić information content (AvgIpc) is 2.65. The molecule has 4 heteroatoms. The van der Waals surface area contributed by atoms with Gasteiger partial charge in [-0.2, -0.15) is 0 Å². The molecule has 0 atom stereocenters. The number of nitrogens with zero attached hydrogens (tertiary/aromatic N) is 2. The number of nitrogens with two attached hydrogens (primary N) is 1. The lowest BCUT2D eigenvalue weighted by molar-refractivity contribution is 0.595. The van der Waals surface area contributed by atoms with Gasteiger partial charge in [0, 0.05) is 25.3 Å². The van der Waals surface area contributed by atoms with Crippen LogP contribution in [-0.2, 0) is 0 Å². The zero-order valence-electron chi connectivity index (χ0n) is 8.77. The number of hydrogen-bond acceptors (Lipinski definition) is 4.